The number of Topliss-reactive ketones (excluding diaryl/α,β-unsaturated/α-hetero) is 1. The van der Waals surface area contributed by atoms with Crippen LogP contribution in [0, 0.1) is 0 Å². The largest absolute Gasteiger partial charge is 0.497 e. The molecule has 2 rings (SSSR count). The van der Waals surface area contributed by atoms with E-state index in [1.807, 2.05) is 12.1 Å². The highest BCUT2D eigenvalue weighted by molar-refractivity contribution is 6.00. The Bertz CT molecular complexity index is 864. The van der Waals surface area contributed by atoms with Crippen molar-refractivity contribution in [1.82, 2.24) is 5.32 Å². The summed E-state index contributed by atoms with van der Waals surface area (Å²) in [4.78, 5) is 36.6. The van der Waals surface area contributed by atoms with Gasteiger partial charge in [-0.2, -0.15) is 0 Å². The van der Waals surface area contributed by atoms with E-state index in [-0.39, 0.29) is 23.7 Å². The molecule has 1 amide bonds. The molecule has 0 aliphatic rings. The van der Waals surface area contributed by atoms with Crippen molar-refractivity contribution in [1.29, 1.82) is 0 Å². The Morgan fingerprint density at radius 2 is 1.48 bits per heavy atom. The number of ether oxygens (including phenoxy) is 2. The Morgan fingerprint density at radius 1 is 0.931 bits per heavy atom. The molecule has 0 heterocycles. The Kier molecular flexibility index (Phi) is 7.15. The molecule has 6 nitrogen and oxygen atoms in total. The van der Waals surface area contributed by atoms with Gasteiger partial charge in [0, 0.05) is 11.1 Å². The zero-order valence-corrected chi connectivity index (χ0v) is 17.4. The van der Waals surface area contributed by atoms with Crippen molar-refractivity contribution in [3.63, 3.8) is 0 Å². The van der Waals surface area contributed by atoms with E-state index in [1.165, 1.54) is 14.0 Å². The van der Waals surface area contributed by atoms with Crippen LogP contribution < -0.4 is 10.1 Å². The fraction of sp³-hybridized carbons (Fsp3) is 0.348. The van der Waals surface area contributed by atoms with Crippen molar-refractivity contribution >= 4 is 17.7 Å². The van der Waals surface area contributed by atoms with Gasteiger partial charge in [0.05, 0.1) is 7.11 Å². The number of esters is 1. The molecule has 0 saturated heterocycles. The molecule has 0 aliphatic carbocycles. The second-order valence-electron chi connectivity index (χ2n) is 7.73. The summed E-state index contributed by atoms with van der Waals surface area (Å²) in [5, 5.41) is 2.51. The molecule has 2 aromatic rings. The average Bonchev–Trinajstić information content (AvgIpc) is 2.71. The summed E-state index contributed by atoms with van der Waals surface area (Å²) in [5.41, 5.74) is 1.97. The van der Waals surface area contributed by atoms with Gasteiger partial charge in [0.2, 0.25) is 5.78 Å². The number of carbonyl (C=O) groups excluding carboxylic acids is 3. The molecule has 1 N–H and O–H groups in total. The molecular weight excluding hydrogens is 370 g/mol. The van der Waals surface area contributed by atoms with Crippen LogP contribution >= 0.6 is 0 Å². The number of carbonyl (C=O) groups is 3. The third-order valence-corrected chi connectivity index (χ3v) is 4.46. The van der Waals surface area contributed by atoms with E-state index >= 15 is 0 Å². The maximum Gasteiger partial charge on any atom is 0.326 e. The van der Waals surface area contributed by atoms with E-state index in [0.717, 1.165) is 5.56 Å². The lowest BCUT2D eigenvalue weighted by Gasteiger charge is -2.19. The van der Waals surface area contributed by atoms with Crippen LogP contribution in [0.3, 0.4) is 0 Å². The predicted molar refractivity (Wildman–Crippen MR) is 110 cm³/mol. The van der Waals surface area contributed by atoms with Crippen LogP contribution in [0.1, 0.15) is 54.0 Å². The third-order valence-electron chi connectivity index (χ3n) is 4.46. The molecule has 0 aliphatic heterocycles. The molecule has 0 radical (unpaired) electrons. The number of hydrogen-bond acceptors (Lipinski definition) is 5. The quantitative estimate of drug-likeness (QED) is 0.571. The number of benzene rings is 2. The van der Waals surface area contributed by atoms with E-state index < -0.39 is 12.1 Å². The minimum Gasteiger partial charge on any atom is -0.497 e. The van der Waals surface area contributed by atoms with Gasteiger partial charge >= 0.3 is 5.97 Å². The maximum atomic E-state index is 12.3. The number of ketones is 1. The minimum absolute atomic E-state index is 0.00856. The lowest BCUT2D eigenvalue weighted by atomic mass is 9.87. The van der Waals surface area contributed by atoms with Gasteiger partial charge < -0.3 is 14.8 Å². The van der Waals surface area contributed by atoms with Gasteiger partial charge in [-0.25, -0.2) is 0 Å². The Balaban J connectivity index is 1.86. The third kappa shape index (κ3) is 6.17. The van der Waals surface area contributed by atoms with Crippen LogP contribution in [0.25, 0.3) is 0 Å². The monoisotopic (exact) mass is 397 g/mol. The van der Waals surface area contributed by atoms with Gasteiger partial charge in [-0.15, -0.1) is 0 Å². The molecule has 0 spiro atoms. The van der Waals surface area contributed by atoms with Crippen LogP contribution in [-0.4, -0.2) is 37.4 Å². The Morgan fingerprint density at radius 3 is 2.00 bits per heavy atom. The van der Waals surface area contributed by atoms with Gasteiger partial charge in [-0.3, -0.25) is 14.4 Å². The van der Waals surface area contributed by atoms with E-state index in [0.29, 0.717) is 16.9 Å². The Labute approximate surface area is 171 Å². The first-order valence-electron chi connectivity index (χ1n) is 9.38. The lowest BCUT2D eigenvalue weighted by molar-refractivity contribution is -0.145. The SMILES string of the molecule is COc1ccc(C(=O)[C@H](C)OC(=O)CNC(=O)c2ccc(C(C)(C)C)cc2)cc1. The summed E-state index contributed by atoms with van der Waals surface area (Å²) < 4.78 is 10.2. The van der Waals surface area contributed by atoms with Crippen molar-refractivity contribution < 1.29 is 23.9 Å². The molecule has 29 heavy (non-hydrogen) atoms. The molecule has 0 saturated carbocycles. The second-order valence-corrected chi connectivity index (χ2v) is 7.73. The molecule has 154 valence electrons. The summed E-state index contributed by atoms with van der Waals surface area (Å²) in [5.74, 6) is -0.759. The first-order chi connectivity index (χ1) is 13.6. The topological polar surface area (TPSA) is 81.7 Å². The van der Waals surface area contributed by atoms with E-state index in [1.54, 1.807) is 36.4 Å². The van der Waals surface area contributed by atoms with Crippen LogP contribution in [0.15, 0.2) is 48.5 Å². The second kappa shape index (κ2) is 9.37. The number of rotatable bonds is 7. The van der Waals surface area contributed by atoms with Gasteiger partial charge in [-0.05, 0) is 54.3 Å². The molecular formula is C23H27NO5. The van der Waals surface area contributed by atoms with Crippen molar-refractivity contribution in [2.45, 2.75) is 39.2 Å². The first-order valence-corrected chi connectivity index (χ1v) is 9.38. The fourth-order valence-corrected chi connectivity index (χ4v) is 2.66. The van der Waals surface area contributed by atoms with E-state index in [2.05, 4.69) is 26.1 Å². The van der Waals surface area contributed by atoms with Gasteiger partial charge in [0.15, 0.2) is 6.10 Å². The summed E-state index contributed by atoms with van der Waals surface area (Å²) in [7, 11) is 1.54. The molecule has 1 atom stereocenters. The fourth-order valence-electron chi connectivity index (χ4n) is 2.66. The number of hydrogen-bond donors (Lipinski definition) is 1. The molecule has 2 aromatic carbocycles. The number of amides is 1. The zero-order chi connectivity index (χ0) is 21.6. The lowest BCUT2D eigenvalue weighted by Crippen LogP contribution is -2.34. The van der Waals surface area contributed by atoms with Crippen LogP contribution in [0.2, 0.25) is 0 Å². The predicted octanol–water partition coefficient (Wildman–Crippen LogP) is 3.54. The van der Waals surface area contributed by atoms with Crippen molar-refractivity contribution in [3.8, 4) is 5.75 Å². The number of nitrogens with one attached hydrogen (secondary N) is 1. The summed E-state index contributed by atoms with van der Waals surface area (Å²) in [6.07, 6.45) is -0.959. The van der Waals surface area contributed by atoms with Crippen LogP contribution in [-0.2, 0) is 14.9 Å². The van der Waals surface area contributed by atoms with Gasteiger partial charge in [0.25, 0.3) is 5.91 Å². The van der Waals surface area contributed by atoms with E-state index in [9.17, 15) is 14.4 Å². The van der Waals surface area contributed by atoms with Gasteiger partial charge in [-0.1, -0.05) is 32.9 Å². The van der Waals surface area contributed by atoms with Gasteiger partial charge in [0.1, 0.15) is 12.3 Å². The van der Waals surface area contributed by atoms with Crippen molar-refractivity contribution in [2.24, 2.45) is 0 Å². The summed E-state index contributed by atoms with van der Waals surface area (Å²) in [6, 6.07) is 13.8. The highest BCUT2D eigenvalue weighted by Gasteiger charge is 2.20. The highest BCUT2D eigenvalue weighted by Crippen LogP contribution is 2.22. The number of methoxy groups -OCH3 is 1. The maximum absolute atomic E-state index is 12.3. The molecule has 0 bridgehead atoms. The molecule has 0 unspecified atom stereocenters. The average molecular weight is 397 g/mol. The van der Waals surface area contributed by atoms with E-state index in [4.69, 9.17) is 9.47 Å². The van der Waals surface area contributed by atoms with Crippen molar-refractivity contribution in [2.75, 3.05) is 13.7 Å². The summed E-state index contributed by atoms with van der Waals surface area (Å²) in [6.45, 7) is 7.45. The molecule has 0 aromatic heterocycles. The normalized spacial score (nSPS) is 12.0. The first kappa shape index (κ1) is 22.1. The highest BCUT2D eigenvalue weighted by atomic mass is 16.5. The van der Waals surface area contributed by atoms with Crippen molar-refractivity contribution in [3.05, 3.63) is 65.2 Å². The Hall–Kier alpha value is -3.15. The minimum atomic E-state index is -0.959. The van der Waals surface area contributed by atoms with Crippen LogP contribution in [0.5, 0.6) is 5.75 Å². The summed E-state index contributed by atoms with van der Waals surface area (Å²) >= 11 is 0. The zero-order valence-electron chi connectivity index (χ0n) is 17.4. The molecule has 0 fully saturated rings. The smallest absolute Gasteiger partial charge is 0.326 e. The molecule has 6 heteroatoms. The van der Waals surface area contributed by atoms with Crippen LogP contribution in [0.4, 0.5) is 0 Å². The standard InChI is InChI=1S/C23H27NO5/c1-15(21(26)16-8-12-19(28-5)13-9-16)29-20(25)14-24-22(27)17-6-10-18(11-7-17)23(2,3)4/h6-13,15H,14H2,1-5H3,(H,24,27)/t15-/m0/s1.